The van der Waals surface area contributed by atoms with Gasteiger partial charge in [0.25, 0.3) is 17.7 Å². The molecule has 0 unspecified atom stereocenters. The smallest absolute Gasteiger partial charge is 0.270 e. The standard InChI is InChI=1S/C20H22BrN3O3/c1-20(2,3)14-10-8-13(9-11-14)18(26)22-12-17(25)23-24-19(27)15-6-4-5-7-16(15)21/h4-11H,12H2,1-3H3,(H,22,26)(H,23,25)(H,24,27). The van der Waals surface area contributed by atoms with Crippen LogP contribution in [-0.2, 0) is 10.2 Å². The van der Waals surface area contributed by atoms with E-state index in [1.165, 1.54) is 0 Å². The molecule has 0 heterocycles. The van der Waals surface area contributed by atoms with Gasteiger partial charge in [0.1, 0.15) is 0 Å². The van der Waals surface area contributed by atoms with E-state index in [9.17, 15) is 14.4 Å². The summed E-state index contributed by atoms with van der Waals surface area (Å²) in [5, 5.41) is 2.52. The molecule has 0 saturated carbocycles. The highest BCUT2D eigenvalue weighted by Crippen LogP contribution is 2.22. The monoisotopic (exact) mass is 431 g/mol. The van der Waals surface area contributed by atoms with Crippen LogP contribution in [0.4, 0.5) is 0 Å². The normalized spacial score (nSPS) is 10.8. The molecule has 0 bridgehead atoms. The van der Waals surface area contributed by atoms with Gasteiger partial charge in [0.05, 0.1) is 12.1 Å². The molecule has 0 aliphatic rings. The molecule has 3 N–H and O–H groups in total. The summed E-state index contributed by atoms with van der Waals surface area (Å²) in [5.41, 5.74) is 6.55. The van der Waals surface area contributed by atoms with Gasteiger partial charge in [-0.3, -0.25) is 25.2 Å². The highest BCUT2D eigenvalue weighted by molar-refractivity contribution is 9.10. The Morgan fingerprint density at radius 1 is 0.889 bits per heavy atom. The number of amides is 3. The minimum absolute atomic E-state index is 0.000840. The molecule has 7 heteroatoms. The highest BCUT2D eigenvalue weighted by Gasteiger charge is 2.15. The Hall–Kier alpha value is -2.67. The van der Waals surface area contributed by atoms with E-state index < -0.39 is 11.8 Å². The molecule has 6 nitrogen and oxygen atoms in total. The van der Waals surface area contributed by atoms with E-state index in [0.717, 1.165) is 5.56 Å². The third-order valence-corrected chi connectivity index (χ3v) is 4.55. The zero-order valence-electron chi connectivity index (χ0n) is 15.4. The molecule has 0 aliphatic carbocycles. The number of hydrazine groups is 1. The Kier molecular flexibility index (Phi) is 6.74. The first kappa shape index (κ1) is 20.6. The van der Waals surface area contributed by atoms with E-state index in [4.69, 9.17) is 0 Å². The van der Waals surface area contributed by atoms with Crippen LogP contribution in [0, 0.1) is 0 Å². The molecule has 142 valence electrons. The van der Waals surface area contributed by atoms with Crippen molar-refractivity contribution in [1.29, 1.82) is 0 Å². The van der Waals surface area contributed by atoms with E-state index in [2.05, 4.69) is 52.9 Å². The van der Waals surface area contributed by atoms with E-state index in [1.54, 1.807) is 36.4 Å². The maximum atomic E-state index is 12.1. The number of rotatable bonds is 4. The summed E-state index contributed by atoms with van der Waals surface area (Å²) >= 11 is 3.27. The van der Waals surface area contributed by atoms with Gasteiger partial charge in [0.2, 0.25) is 0 Å². The van der Waals surface area contributed by atoms with Gasteiger partial charge >= 0.3 is 0 Å². The SMILES string of the molecule is CC(C)(C)c1ccc(C(=O)NCC(=O)NNC(=O)c2ccccc2Br)cc1. The summed E-state index contributed by atoms with van der Waals surface area (Å²) in [7, 11) is 0. The molecule has 3 amide bonds. The van der Waals surface area contributed by atoms with Crippen molar-refractivity contribution in [3.8, 4) is 0 Å². The first-order valence-electron chi connectivity index (χ1n) is 8.41. The molecule has 0 aliphatic heterocycles. The lowest BCUT2D eigenvalue weighted by Crippen LogP contribution is -2.46. The number of hydrogen-bond donors (Lipinski definition) is 3. The van der Waals surface area contributed by atoms with Crippen LogP contribution in [0.25, 0.3) is 0 Å². The lowest BCUT2D eigenvalue weighted by Gasteiger charge is -2.19. The number of nitrogens with one attached hydrogen (secondary N) is 3. The number of carbonyl (C=O) groups is 3. The largest absolute Gasteiger partial charge is 0.343 e. The van der Waals surface area contributed by atoms with E-state index in [1.807, 2.05) is 12.1 Å². The predicted molar refractivity (Wildman–Crippen MR) is 107 cm³/mol. The fourth-order valence-electron chi connectivity index (χ4n) is 2.27. The molecular formula is C20H22BrN3O3. The predicted octanol–water partition coefficient (Wildman–Crippen LogP) is 2.94. The average molecular weight is 432 g/mol. The summed E-state index contributed by atoms with van der Waals surface area (Å²) in [6, 6.07) is 14.1. The van der Waals surface area contributed by atoms with Crippen LogP contribution in [0.1, 0.15) is 47.1 Å². The van der Waals surface area contributed by atoms with Crippen LogP contribution < -0.4 is 16.2 Å². The van der Waals surface area contributed by atoms with Gasteiger partial charge in [-0.25, -0.2) is 0 Å². The van der Waals surface area contributed by atoms with Crippen molar-refractivity contribution in [3.05, 3.63) is 69.7 Å². The van der Waals surface area contributed by atoms with Gasteiger partial charge in [-0.05, 0) is 51.2 Å². The molecule has 0 spiro atoms. The van der Waals surface area contributed by atoms with Gasteiger partial charge in [-0.15, -0.1) is 0 Å². The molecule has 0 fully saturated rings. The van der Waals surface area contributed by atoms with E-state index >= 15 is 0 Å². The molecule has 0 atom stereocenters. The zero-order chi connectivity index (χ0) is 20.0. The van der Waals surface area contributed by atoms with Gasteiger partial charge in [0, 0.05) is 10.0 Å². The van der Waals surface area contributed by atoms with Crippen molar-refractivity contribution in [2.75, 3.05) is 6.54 Å². The van der Waals surface area contributed by atoms with Crippen molar-refractivity contribution in [2.24, 2.45) is 0 Å². The average Bonchev–Trinajstić information content (AvgIpc) is 2.64. The Bertz CT molecular complexity index is 842. The maximum Gasteiger partial charge on any atom is 0.270 e. The van der Waals surface area contributed by atoms with Crippen molar-refractivity contribution in [3.63, 3.8) is 0 Å². The second-order valence-electron chi connectivity index (χ2n) is 6.99. The molecular weight excluding hydrogens is 410 g/mol. The highest BCUT2D eigenvalue weighted by atomic mass is 79.9. The maximum absolute atomic E-state index is 12.1. The van der Waals surface area contributed by atoms with Gasteiger partial charge < -0.3 is 5.32 Å². The third-order valence-electron chi connectivity index (χ3n) is 3.86. The minimum atomic E-state index is -0.532. The van der Waals surface area contributed by atoms with Crippen LogP contribution in [-0.4, -0.2) is 24.3 Å². The topological polar surface area (TPSA) is 87.3 Å². The Balaban J connectivity index is 1.82. The van der Waals surface area contributed by atoms with Gasteiger partial charge in [0.15, 0.2) is 0 Å². The third kappa shape index (κ3) is 5.92. The number of hydrogen-bond acceptors (Lipinski definition) is 3. The van der Waals surface area contributed by atoms with Crippen LogP contribution in [0.5, 0.6) is 0 Å². The van der Waals surface area contributed by atoms with Gasteiger partial charge in [-0.2, -0.15) is 0 Å². The van der Waals surface area contributed by atoms with Crippen LogP contribution in [0.2, 0.25) is 0 Å². The summed E-state index contributed by atoms with van der Waals surface area (Å²) in [6.45, 7) is 6.02. The van der Waals surface area contributed by atoms with Crippen molar-refractivity contribution >= 4 is 33.7 Å². The second-order valence-corrected chi connectivity index (χ2v) is 7.85. The van der Waals surface area contributed by atoms with Crippen LogP contribution in [0.15, 0.2) is 53.0 Å². The van der Waals surface area contributed by atoms with E-state index in [-0.39, 0.29) is 17.9 Å². The number of halogens is 1. The van der Waals surface area contributed by atoms with Gasteiger partial charge in [-0.1, -0.05) is 45.0 Å². The Morgan fingerprint density at radius 3 is 2.11 bits per heavy atom. The number of carbonyl (C=O) groups excluding carboxylic acids is 3. The zero-order valence-corrected chi connectivity index (χ0v) is 17.0. The molecule has 2 aromatic carbocycles. The first-order valence-corrected chi connectivity index (χ1v) is 9.20. The summed E-state index contributed by atoms with van der Waals surface area (Å²) in [4.78, 5) is 36.0. The molecule has 27 heavy (non-hydrogen) atoms. The van der Waals surface area contributed by atoms with Crippen LogP contribution >= 0.6 is 15.9 Å². The Morgan fingerprint density at radius 2 is 1.52 bits per heavy atom. The molecule has 0 radical (unpaired) electrons. The quantitative estimate of drug-likeness (QED) is 0.650. The molecule has 2 rings (SSSR count). The number of benzene rings is 2. The van der Waals surface area contributed by atoms with Crippen molar-refractivity contribution in [2.45, 2.75) is 26.2 Å². The fourth-order valence-corrected chi connectivity index (χ4v) is 2.73. The van der Waals surface area contributed by atoms with Crippen molar-refractivity contribution in [1.82, 2.24) is 16.2 Å². The summed E-state index contributed by atoms with van der Waals surface area (Å²) in [5.74, 6) is -1.35. The molecule has 0 saturated heterocycles. The fraction of sp³-hybridized carbons (Fsp3) is 0.250. The lowest BCUT2D eigenvalue weighted by molar-refractivity contribution is -0.120. The van der Waals surface area contributed by atoms with Crippen LogP contribution in [0.3, 0.4) is 0 Å². The first-order chi connectivity index (χ1) is 12.7. The minimum Gasteiger partial charge on any atom is -0.343 e. The second kappa shape index (κ2) is 8.81. The lowest BCUT2D eigenvalue weighted by atomic mass is 9.87. The van der Waals surface area contributed by atoms with E-state index in [0.29, 0.717) is 15.6 Å². The summed E-state index contributed by atoms with van der Waals surface area (Å²) in [6.07, 6.45) is 0. The van der Waals surface area contributed by atoms with Crippen molar-refractivity contribution < 1.29 is 14.4 Å². The molecule has 0 aromatic heterocycles. The molecule has 2 aromatic rings. The Labute approximate surface area is 166 Å². The summed E-state index contributed by atoms with van der Waals surface area (Å²) < 4.78 is 0.615.